The highest BCUT2D eigenvalue weighted by atomic mass is 32.2. The number of carboxylic acid groups (broad SMARTS) is 1. The number of benzene rings is 2. The van der Waals surface area contributed by atoms with E-state index in [-0.39, 0.29) is 11.0 Å². The highest BCUT2D eigenvalue weighted by Crippen LogP contribution is 2.37. The van der Waals surface area contributed by atoms with Crippen molar-refractivity contribution >= 4 is 17.2 Å². The summed E-state index contributed by atoms with van der Waals surface area (Å²) in [6.45, 7) is 5.97. The second kappa shape index (κ2) is 8.25. The van der Waals surface area contributed by atoms with E-state index < -0.39 is 40.9 Å². The third kappa shape index (κ3) is 5.43. The molecule has 0 fully saturated rings. The van der Waals surface area contributed by atoms with Gasteiger partial charge in [-0.3, -0.25) is 9.35 Å². The number of hydrogen-bond donors (Lipinski definition) is 3. The monoisotopic (exact) mass is 429 g/mol. The summed E-state index contributed by atoms with van der Waals surface area (Å²) in [5.41, 5.74) is -1.38. The molecule has 0 spiro atoms. The first-order chi connectivity index (χ1) is 13.3. The minimum atomic E-state index is -4.56. The molecule has 2 aromatic carbocycles. The molecule has 0 saturated heterocycles. The molecule has 0 heterocycles. The quantitative estimate of drug-likeness (QED) is 0.593. The first-order valence-electron chi connectivity index (χ1n) is 8.65. The van der Waals surface area contributed by atoms with Crippen molar-refractivity contribution in [2.24, 2.45) is 0 Å². The smallest absolute Gasteiger partial charge is 0.416 e. The molecule has 3 N–H and O–H groups in total. The van der Waals surface area contributed by atoms with Crippen molar-refractivity contribution in [3.63, 3.8) is 0 Å². The van der Waals surface area contributed by atoms with Crippen LogP contribution in [0.2, 0.25) is 0 Å². The average molecular weight is 429 g/mol. The zero-order valence-electron chi connectivity index (χ0n) is 16.1. The van der Waals surface area contributed by atoms with Gasteiger partial charge < -0.3 is 5.11 Å². The van der Waals surface area contributed by atoms with Crippen LogP contribution in [0.15, 0.2) is 48.5 Å². The Bertz CT molecular complexity index is 812. The van der Waals surface area contributed by atoms with E-state index in [0.717, 1.165) is 29.8 Å². The number of carbonyl (C=O) groups is 1. The van der Waals surface area contributed by atoms with Crippen LogP contribution in [0.1, 0.15) is 49.4 Å². The summed E-state index contributed by atoms with van der Waals surface area (Å²) in [5.74, 6) is -1.29. The predicted octanol–water partition coefficient (Wildman–Crippen LogP) is 4.45. The van der Waals surface area contributed by atoms with Gasteiger partial charge in [0.2, 0.25) is 11.3 Å². The van der Waals surface area contributed by atoms with Crippen LogP contribution >= 0.6 is 0 Å². The van der Waals surface area contributed by atoms with Crippen LogP contribution < -0.4 is 4.72 Å². The molecular weight excluding hydrogens is 407 g/mol. The van der Waals surface area contributed by atoms with Crippen LogP contribution in [0.25, 0.3) is 0 Å². The van der Waals surface area contributed by atoms with Gasteiger partial charge in [0.1, 0.15) is 0 Å². The van der Waals surface area contributed by atoms with Crippen molar-refractivity contribution in [1.82, 2.24) is 4.72 Å². The Balaban J connectivity index is 2.67. The van der Waals surface area contributed by atoms with Gasteiger partial charge in [-0.15, -0.1) is 0 Å². The maximum absolute atomic E-state index is 12.9. The third-order valence-corrected chi connectivity index (χ3v) is 5.15. The lowest BCUT2D eigenvalue weighted by atomic mass is 9.79. The first kappa shape index (κ1) is 23.1. The Labute approximate surface area is 169 Å². The zero-order valence-corrected chi connectivity index (χ0v) is 16.9. The lowest BCUT2D eigenvalue weighted by Gasteiger charge is -2.34. The molecule has 2 aromatic rings. The fourth-order valence-electron chi connectivity index (χ4n) is 3.10. The van der Waals surface area contributed by atoms with Crippen LogP contribution in [-0.2, 0) is 33.2 Å². The Morgan fingerprint density at radius 2 is 1.28 bits per heavy atom. The Morgan fingerprint density at radius 1 is 0.897 bits per heavy atom. The summed E-state index contributed by atoms with van der Waals surface area (Å²) in [6, 6.07) is 10.6. The van der Waals surface area contributed by atoms with Gasteiger partial charge in [0.25, 0.3) is 0 Å². The van der Waals surface area contributed by atoms with Crippen molar-refractivity contribution < 1.29 is 31.8 Å². The SMILES string of the molecule is CC(C)(C)c1ccc(C(CC(=O)O)(NS(=O)O)c2ccc(C(F)(F)F)cc2)cc1. The average Bonchev–Trinajstić information content (AvgIpc) is 2.59. The van der Waals surface area contributed by atoms with E-state index in [2.05, 4.69) is 4.72 Å². The molecular formula is C20H22F3NO4S. The highest BCUT2D eigenvalue weighted by Gasteiger charge is 2.39. The molecule has 0 aliphatic carbocycles. The summed E-state index contributed by atoms with van der Waals surface area (Å²) in [6.07, 6.45) is -5.21. The maximum atomic E-state index is 12.9. The molecule has 158 valence electrons. The summed E-state index contributed by atoms with van der Waals surface area (Å²) >= 11 is -2.63. The maximum Gasteiger partial charge on any atom is 0.416 e. The molecule has 0 aromatic heterocycles. The Kier molecular flexibility index (Phi) is 6.56. The van der Waals surface area contributed by atoms with Crippen LogP contribution in [0.5, 0.6) is 0 Å². The minimum absolute atomic E-state index is 0.124. The van der Waals surface area contributed by atoms with Crippen molar-refractivity contribution in [2.75, 3.05) is 0 Å². The first-order valence-corrected chi connectivity index (χ1v) is 9.75. The van der Waals surface area contributed by atoms with Gasteiger partial charge >= 0.3 is 12.1 Å². The topological polar surface area (TPSA) is 86.6 Å². The van der Waals surface area contributed by atoms with E-state index in [1.54, 1.807) is 24.3 Å². The van der Waals surface area contributed by atoms with Gasteiger partial charge in [-0.05, 0) is 34.2 Å². The number of nitrogens with one attached hydrogen (secondary N) is 1. The van der Waals surface area contributed by atoms with E-state index >= 15 is 0 Å². The largest absolute Gasteiger partial charge is 0.481 e. The highest BCUT2D eigenvalue weighted by molar-refractivity contribution is 7.77. The third-order valence-electron chi connectivity index (χ3n) is 4.63. The summed E-state index contributed by atoms with van der Waals surface area (Å²) in [4.78, 5) is 11.6. The van der Waals surface area contributed by atoms with Gasteiger partial charge in [-0.2, -0.15) is 17.9 Å². The number of halogens is 3. The van der Waals surface area contributed by atoms with Gasteiger partial charge in [0.05, 0.1) is 17.5 Å². The number of carboxylic acids is 1. The molecule has 0 saturated carbocycles. The van der Waals surface area contributed by atoms with Gasteiger partial charge in [0, 0.05) is 0 Å². The zero-order chi connectivity index (χ0) is 22.0. The van der Waals surface area contributed by atoms with Crippen molar-refractivity contribution in [1.29, 1.82) is 0 Å². The molecule has 0 aliphatic rings. The van der Waals surface area contributed by atoms with E-state index in [1.807, 2.05) is 20.8 Å². The normalized spacial score (nSPS) is 15.6. The van der Waals surface area contributed by atoms with E-state index in [4.69, 9.17) is 0 Å². The standard InChI is InChI=1S/C20H22F3NO4S/c1-18(2,3)13-4-6-14(7-5-13)19(12-17(25)26,24-29(27)28)15-8-10-16(11-9-15)20(21,22)23/h4-11,24H,12H2,1-3H3,(H,25,26)(H,27,28). The summed E-state index contributed by atoms with van der Waals surface area (Å²) in [7, 11) is 0. The fourth-order valence-corrected chi connectivity index (χ4v) is 3.71. The molecule has 2 atom stereocenters. The fraction of sp³-hybridized carbons (Fsp3) is 0.350. The summed E-state index contributed by atoms with van der Waals surface area (Å²) < 4.78 is 62.2. The van der Waals surface area contributed by atoms with Crippen LogP contribution in [0.3, 0.4) is 0 Å². The van der Waals surface area contributed by atoms with Crippen LogP contribution in [0.4, 0.5) is 13.2 Å². The van der Waals surface area contributed by atoms with Crippen LogP contribution in [-0.4, -0.2) is 19.8 Å². The molecule has 9 heteroatoms. The van der Waals surface area contributed by atoms with Gasteiger partial charge in [-0.25, -0.2) is 4.21 Å². The number of rotatable bonds is 6. The summed E-state index contributed by atoms with van der Waals surface area (Å²) in [5, 5.41) is 9.45. The van der Waals surface area contributed by atoms with Crippen molar-refractivity contribution in [2.45, 2.75) is 44.3 Å². The lowest BCUT2D eigenvalue weighted by molar-refractivity contribution is -0.139. The lowest BCUT2D eigenvalue weighted by Crippen LogP contribution is -2.46. The molecule has 0 radical (unpaired) electrons. The van der Waals surface area contributed by atoms with Gasteiger partial charge in [0.15, 0.2) is 0 Å². The van der Waals surface area contributed by atoms with E-state index in [0.29, 0.717) is 5.56 Å². The molecule has 29 heavy (non-hydrogen) atoms. The minimum Gasteiger partial charge on any atom is -0.481 e. The van der Waals surface area contributed by atoms with E-state index in [1.165, 1.54) is 0 Å². The van der Waals surface area contributed by atoms with Gasteiger partial charge in [-0.1, -0.05) is 57.2 Å². The van der Waals surface area contributed by atoms with Crippen molar-refractivity contribution in [3.05, 3.63) is 70.8 Å². The Morgan fingerprint density at radius 3 is 1.59 bits per heavy atom. The molecule has 0 amide bonds. The second-order valence-corrected chi connectivity index (χ2v) is 8.43. The number of alkyl halides is 3. The molecule has 5 nitrogen and oxygen atoms in total. The van der Waals surface area contributed by atoms with Crippen molar-refractivity contribution in [3.8, 4) is 0 Å². The number of hydrogen-bond acceptors (Lipinski definition) is 2. The molecule has 2 rings (SSSR count). The van der Waals surface area contributed by atoms with E-state index in [9.17, 15) is 31.8 Å². The Hall–Kier alpha value is -2.23. The molecule has 0 bridgehead atoms. The van der Waals surface area contributed by atoms with Crippen LogP contribution in [0, 0.1) is 0 Å². The predicted molar refractivity (Wildman–Crippen MR) is 104 cm³/mol. The number of aliphatic carboxylic acids is 1. The molecule has 2 unspecified atom stereocenters. The second-order valence-electron chi connectivity index (χ2n) is 7.73. The molecule has 0 aliphatic heterocycles.